The number of fused-ring (bicyclic) bond motifs is 1. The molecule has 0 aliphatic heterocycles. The Hall–Kier alpha value is -0.820. The smallest absolute Gasteiger partial charge is 0.0374 e. The van der Waals surface area contributed by atoms with Crippen molar-refractivity contribution in [2.75, 3.05) is 6.54 Å². The maximum Gasteiger partial charge on any atom is 0.0374 e. The van der Waals surface area contributed by atoms with Gasteiger partial charge in [-0.15, -0.1) is 0 Å². The van der Waals surface area contributed by atoms with E-state index in [1.165, 1.54) is 24.0 Å². The quantitative estimate of drug-likeness (QED) is 0.830. The van der Waals surface area contributed by atoms with Crippen LogP contribution in [0.25, 0.3) is 0 Å². The lowest BCUT2D eigenvalue weighted by Crippen LogP contribution is -2.39. The Balaban J connectivity index is 2.25. The molecule has 1 aromatic rings. The topological polar surface area (TPSA) is 12.0 Å². The molecule has 0 heterocycles. The highest BCUT2D eigenvalue weighted by Gasteiger charge is 2.35. The standard InChI is InChI=1S/C16H25N/c1-12(2)11-17-15-14-8-6-5-7-13(14)9-10-16(15,3)4/h5-8,12,15,17H,9-11H2,1-4H3. The molecule has 0 fully saturated rings. The van der Waals surface area contributed by atoms with Gasteiger partial charge in [-0.25, -0.2) is 0 Å². The molecule has 0 bridgehead atoms. The van der Waals surface area contributed by atoms with Gasteiger partial charge in [-0.2, -0.15) is 0 Å². The zero-order valence-corrected chi connectivity index (χ0v) is 11.6. The number of nitrogens with one attached hydrogen (secondary N) is 1. The maximum absolute atomic E-state index is 3.77. The van der Waals surface area contributed by atoms with Gasteiger partial charge >= 0.3 is 0 Å². The molecule has 0 amide bonds. The van der Waals surface area contributed by atoms with E-state index in [1.54, 1.807) is 0 Å². The molecular formula is C16H25N. The van der Waals surface area contributed by atoms with Crippen molar-refractivity contribution < 1.29 is 0 Å². The van der Waals surface area contributed by atoms with Gasteiger partial charge in [-0.05, 0) is 41.8 Å². The minimum Gasteiger partial charge on any atom is -0.309 e. The van der Waals surface area contributed by atoms with Gasteiger partial charge in [0.15, 0.2) is 0 Å². The SMILES string of the molecule is CC(C)CNC1c2ccccc2CCC1(C)C. The molecule has 17 heavy (non-hydrogen) atoms. The van der Waals surface area contributed by atoms with Gasteiger partial charge in [-0.1, -0.05) is 52.0 Å². The minimum atomic E-state index is 0.364. The van der Waals surface area contributed by atoms with E-state index in [2.05, 4.69) is 57.3 Å². The molecule has 1 unspecified atom stereocenters. The van der Waals surface area contributed by atoms with E-state index in [0.717, 1.165) is 6.54 Å². The van der Waals surface area contributed by atoms with Crippen molar-refractivity contribution in [3.05, 3.63) is 35.4 Å². The molecule has 2 rings (SSSR count). The van der Waals surface area contributed by atoms with Gasteiger partial charge in [0.25, 0.3) is 0 Å². The fourth-order valence-corrected chi connectivity index (χ4v) is 2.81. The highest BCUT2D eigenvalue weighted by atomic mass is 14.9. The molecule has 1 aromatic carbocycles. The van der Waals surface area contributed by atoms with Crippen LogP contribution in [0.4, 0.5) is 0 Å². The predicted octanol–water partition coefficient (Wildman–Crippen LogP) is 3.95. The first-order chi connectivity index (χ1) is 8.00. The van der Waals surface area contributed by atoms with Crippen molar-refractivity contribution in [1.29, 1.82) is 0 Å². The summed E-state index contributed by atoms with van der Waals surface area (Å²) in [5.41, 5.74) is 3.42. The summed E-state index contributed by atoms with van der Waals surface area (Å²) in [6, 6.07) is 9.43. The molecule has 94 valence electrons. The third kappa shape index (κ3) is 2.71. The largest absolute Gasteiger partial charge is 0.309 e. The van der Waals surface area contributed by atoms with Gasteiger partial charge in [0.2, 0.25) is 0 Å². The Kier molecular flexibility index (Phi) is 3.58. The number of hydrogen-bond acceptors (Lipinski definition) is 1. The second-order valence-electron chi connectivity index (χ2n) is 6.42. The van der Waals surface area contributed by atoms with Crippen LogP contribution in [-0.4, -0.2) is 6.54 Å². The molecule has 0 spiro atoms. The summed E-state index contributed by atoms with van der Waals surface area (Å²) in [6.45, 7) is 10.4. The first kappa shape index (κ1) is 12.6. The van der Waals surface area contributed by atoms with Crippen molar-refractivity contribution in [1.82, 2.24) is 5.32 Å². The lowest BCUT2D eigenvalue weighted by molar-refractivity contribution is 0.204. The van der Waals surface area contributed by atoms with E-state index in [-0.39, 0.29) is 0 Å². The zero-order chi connectivity index (χ0) is 12.5. The number of hydrogen-bond donors (Lipinski definition) is 1. The summed E-state index contributed by atoms with van der Waals surface area (Å²) < 4.78 is 0. The van der Waals surface area contributed by atoms with Gasteiger partial charge in [0.05, 0.1) is 0 Å². The van der Waals surface area contributed by atoms with Crippen molar-refractivity contribution in [2.45, 2.75) is 46.6 Å². The van der Waals surface area contributed by atoms with Crippen LogP contribution in [0.2, 0.25) is 0 Å². The molecule has 0 aromatic heterocycles. The lowest BCUT2D eigenvalue weighted by Gasteiger charge is -2.41. The molecule has 1 heteroatoms. The van der Waals surface area contributed by atoms with Crippen molar-refractivity contribution in [3.8, 4) is 0 Å². The molecule has 1 aliphatic carbocycles. The van der Waals surface area contributed by atoms with E-state index in [1.807, 2.05) is 0 Å². The molecule has 0 saturated heterocycles. The second kappa shape index (κ2) is 4.81. The van der Waals surface area contributed by atoms with Crippen molar-refractivity contribution >= 4 is 0 Å². The summed E-state index contributed by atoms with van der Waals surface area (Å²) in [5, 5.41) is 3.77. The van der Waals surface area contributed by atoms with E-state index in [4.69, 9.17) is 0 Å². The highest BCUT2D eigenvalue weighted by Crippen LogP contribution is 2.43. The molecule has 0 saturated carbocycles. The van der Waals surface area contributed by atoms with Crippen LogP contribution in [-0.2, 0) is 6.42 Å². The Morgan fingerprint density at radius 2 is 2.00 bits per heavy atom. The normalized spacial score (nSPS) is 22.5. The minimum absolute atomic E-state index is 0.364. The molecule has 1 atom stereocenters. The molecule has 1 N–H and O–H groups in total. The summed E-state index contributed by atoms with van der Waals surface area (Å²) >= 11 is 0. The first-order valence-electron chi connectivity index (χ1n) is 6.82. The zero-order valence-electron chi connectivity index (χ0n) is 11.6. The summed E-state index contributed by atoms with van der Waals surface area (Å²) in [5.74, 6) is 0.708. The molecule has 0 radical (unpaired) electrons. The average molecular weight is 231 g/mol. The Morgan fingerprint density at radius 1 is 1.29 bits per heavy atom. The molecule has 1 nitrogen and oxygen atoms in total. The Bertz CT molecular complexity index is 379. The van der Waals surface area contributed by atoms with Crippen LogP contribution in [0.5, 0.6) is 0 Å². The highest BCUT2D eigenvalue weighted by molar-refractivity contribution is 5.34. The van der Waals surface area contributed by atoms with Crippen LogP contribution in [0.1, 0.15) is 51.3 Å². The van der Waals surface area contributed by atoms with Crippen LogP contribution in [0.3, 0.4) is 0 Å². The van der Waals surface area contributed by atoms with Crippen molar-refractivity contribution in [3.63, 3.8) is 0 Å². The van der Waals surface area contributed by atoms with E-state index >= 15 is 0 Å². The number of benzene rings is 1. The van der Waals surface area contributed by atoms with Crippen LogP contribution in [0, 0.1) is 11.3 Å². The summed E-state index contributed by atoms with van der Waals surface area (Å²) in [6.07, 6.45) is 2.50. The second-order valence-corrected chi connectivity index (χ2v) is 6.42. The van der Waals surface area contributed by atoms with Gasteiger partial charge < -0.3 is 5.32 Å². The monoisotopic (exact) mass is 231 g/mol. The van der Waals surface area contributed by atoms with E-state index < -0.39 is 0 Å². The summed E-state index contributed by atoms with van der Waals surface area (Å²) in [7, 11) is 0. The van der Waals surface area contributed by atoms with Crippen molar-refractivity contribution in [2.24, 2.45) is 11.3 Å². The van der Waals surface area contributed by atoms with Crippen LogP contribution >= 0.6 is 0 Å². The van der Waals surface area contributed by atoms with Gasteiger partial charge in [0.1, 0.15) is 0 Å². The van der Waals surface area contributed by atoms with Crippen LogP contribution < -0.4 is 5.32 Å². The van der Waals surface area contributed by atoms with Gasteiger partial charge in [-0.3, -0.25) is 0 Å². The first-order valence-corrected chi connectivity index (χ1v) is 6.82. The maximum atomic E-state index is 3.77. The Morgan fingerprint density at radius 3 is 2.71 bits per heavy atom. The van der Waals surface area contributed by atoms with Crippen LogP contribution in [0.15, 0.2) is 24.3 Å². The fourth-order valence-electron chi connectivity index (χ4n) is 2.81. The third-order valence-electron chi connectivity index (χ3n) is 3.92. The lowest BCUT2D eigenvalue weighted by atomic mass is 9.70. The number of rotatable bonds is 3. The molecule has 1 aliphatic rings. The molecular weight excluding hydrogens is 206 g/mol. The average Bonchev–Trinajstić information content (AvgIpc) is 2.27. The predicted molar refractivity (Wildman–Crippen MR) is 74.1 cm³/mol. The third-order valence-corrected chi connectivity index (χ3v) is 3.92. The van der Waals surface area contributed by atoms with E-state index in [0.29, 0.717) is 17.4 Å². The fraction of sp³-hybridized carbons (Fsp3) is 0.625. The number of aryl methyl sites for hydroxylation is 1. The van der Waals surface area contributed by atoms with Gasteiger partial charge in [0, 0.05) is 6.04 Å². The van der Waals surface area contributed by atoms with E-state index in [9.17, 15) is 0 Å². The Labute approximate surface area is 106 Å². The summed E-state index contributed by atoms with van der Waals surface area (Å²) in [4.78, 5) is 0.